The van der Waals surface area contributed by atoms with Crippen molar-refractivity contribution in [1.29, 1.82) is 0 Å². The van der Waals surface area contributed by atoms with Crippen LogP contribution in [0, 0.1) is 11.8 Å². The number of aliphatic hydroxyl groups excluding tert-OH is 1. The molecular weight excluding hydrogens is 242 g/mol. The summed E-state index contributed by atoms with van der Waals surface area (Å²) in [5, 5.41) is 12.2. The molecule has 17 heavy (non-hydrogen) atoms. The van der Waals surface area contributed by atoms with Gasteiger partial charge in [-0.2, -0.15) is 9.97 Å². The normalized spacial score (nSPS) is 23.2. The second kappa shape index (κ2) is 4.93. The molecule has 1 aliphatic carbocycles. The lowest BCUT2D eigenvalue weighted by atomic mass is 9.75. The van der Waals surface area contributed by atoms with Crippen molar-refractivity contribution < 1.29 is 5.11 Å². The van der Waals surface area contributed by atoms with Crippen LogP contribution in [-0.2, 0) is 0 Å². The van der Waals surface area contributed by atoms with Gasteiger partial charge < -0.3 is 21.9 Å². The number of halogens is 1. The third-order valence-corrected chi connectivity index (χ3v) is 3.35. The quantitative estimate of drug-likeness (QED) is 0.592. The Morgan fingerprint density at radius 2 is 2.00 bits per heavy atom. The molecule has 1 aromatic heterocycles. The van der Waals surface area contributed by atoms with E-state index in [4.69, 9.17) is 28.2 Å². The minimum atomic E-state index is 0.105. The summed E-state index contributed by atoms with van der Waals surface area (Å²) in [5.74, 6) is 1.57. The summed E-state index contributed by atoms with van der Waals surface area (Å²) in [6, 6.07) is 0. The molecule has 0 radical (unpaired) electrons. The fourth-order valence-corrected chi connectivity index (χ4v) is 2.20. The number of aliphatic hydroxyl groups is 1. The van der Waals surface area contributed by atoms with Crippen LogP contribution in [-0.4, -0.2) is 28.2 Å². The van der Waals surface area contributed by atoms with Gasteiger partial charge in [-0.15, -0.1) is 0 Å². The van der Waals surface area contributed by atoms with Crippen LogP contribution in [0.2, 0.25) is 5.15 Å². The fourth-order valence-electron chi connectivity index (χ4n) is 2.02. The first-order valence-corrected chi connectivity index (χ1v) is 5.91. The highest BCUT2D eigenvalue weighted by atomic mass is 35.5. The maximum Gasteiger partial charge on any atom is 0.223 e. The van der Waals surface area contributed by atoms with E-state index in [-0.39, 0.29) is 17.7 Å². The highest BCUT2D eigenvalue weighted by Gasteiger charge is 2.28. The molecule has 1 fully saturated rings. The molecular formula is C10H16ClN5O. The second-order valence-corrected chi connectivity index (χ2v) is 4.76. The van der Waals surface area contributed by atoms with Crippen LogP contribution in [0.15, 0.2) is 0 Å². The smallest absolute Gasteiger partial charge is 0.223 e. The average molecular weight is 258 g/mol. The molecule has 7 heteroatoms. The molecule has 1 heterocycles. The lowest BCUT2D eigenvalue weighted by molar-refractivity contribution is 0.114. The number of nitrogens with one attached hydrogen (secondary N) is 1. The zero-order chi connectivity index (χ0) is 12.4. The van der Waals surface area contributed by atoms with Gasteiger partial charge in [0.25, 0.3) is 0 Å². The molecule has 6 N–H and O–H groups in total. The first-order chi connectivity index (χ1) is 8.10. The summed E-state index contributed by atoms with van der Waals surface area (Å²) >= 11 is 5.80. The lowest BCUT2D eigenvalue weighted by Crippen LogP contribution is -2.31. The summed E-state index contributed by atoms with van der Waals surface area (Å²) in [6.45, 7) is 1.03. The Bertz CT molecular complexity index is 408. The molecule has 0 aromatic carbocycles. The van der Waals surface area contributed by atoms with Crippen LogP contribution >= 0.6 is 11.6 Å². The fraction of sp³-hybridized carbons (Fsp3) is 0.600. The monoisotopic (exact) mass is 257 g/mol. The number of anilines is 3. The summed E-state index contributed by atoms with van der Waals surface area (Å²) in [4.78, 5) is 7.75. The molecule has 1 saturated carbocycles. The molecule has 2 rings (SSSR count). The van der Waals surface area contributed by atoms with Crippen molar-refractivity contribution in [3.63, 3.8) is 0 Å². The van der Waals surface area contributed by atoms with E-state index in [0.717, 1.165) is 19.4 Å². The number of hydrogen-bond acceptors (Lipinski definition) is 6. The molecule has 0 spiro atoms. The summed E-state index contributed by atoms with van der Waals surface area (Å²) in [6.07, 6.45) is 2.05. The predicted molar refractivity (Wildman–Crippen MR) is 67.7 cm³/mol. The molecule has 0 amide bonds. The van der Waals surface area contributed by atoms with Gasteiger partial charge in [0.2, 0.25) is 5.95 Å². The number of nitrogens with two attached hydrogens (primary N) is 2. The van der Waals surface area contributed by atoms with Crippen molar-refractivity contribution in [2.24, 2.45) is 11.8 Å². The topological polar surface area (TPSA) is 110 Å². The summed E-state index contributed by atoms with van der Waals surface area (Å²) < 4.78 is 0. The molecule has 6 nitrogen and oxygen atoms in total. The Morgan fingerprint density at radius 1 is 1.29 bits per heavy atom. The van der Waals surface area contributed by atoms with E-state index in [1.807, 2.05) is 0 Å². The highest BCUT2D eigenvalue weighted by Crippen LogP contribution is 2.33. The van der Waals surface area contributed by atoms with Crippen molar-refractivity contribution in [2.75, 3.05) is 29.9 Å². The van der Waals surface area contributed by atoms with Gasteiger partial charge >= 0.3 is 0 Å². The van der Waals surface area contributed by atoms with Gasteiger partial charge in [0.05, 0.1) is 0 Å². The molecule has 94 valence electrons. The van der Waals surface area contributed by atoms with E-state index in [2.05, 4.69) is 15.3 Å². The Morgan fingerprint density at radius 3 is 2.65 bits per heavy atom. The number of rotatable bonds is 4. The van der Waals surface area contributed by atoms with Gasteiger partial charge in [-0.25, -0.2) is 0 Å². The zero-order valence-electron chi connectivity index (χ0n) is 9.36. The first kappa shape index (κ1) is 12.2. The number of nitrogen functional groups attached to an aromatic ring is 2. The minimum absolute atomic E-state index is 0.105. The first-order valence-electron chi connectivity index (χ1n) is 5.53. The van der Waals surface area contributed by atoms with Gasteiger partial charge in [-0.05, 0) is 24.7 Å². The SMILES string of the molecule is Nc1nc(Cl)c(N)c(NCC2CC(CO)C2)n1. The maximum absolute atomic E-state index is 8.91. The Labute approximate surface area is 104 Å². The largest absolute Gasteiger partial charge is 0.396 e. The van der Waals surface area contributed by atoms with E-state index >= 15 is 0 Å². The zero-order valence-corrected chi connectivity index (χ0v) is 10.1. The Balaban J connectivity index is 1.91. The van der Waals surface area contributed by atoms with Gasteiger partial charge in [0.1, 0.15) is 5.69 Å². The number of aromatic nitrogens is 2. The van der Waals surface area contributed by atoms with E-state index in [1.54, 1.807) is 0 Å². The van der Waals surface area contributed by atoms with Gasteiger partial charge in [0.15, 0.2) is 11.0 Å². The van der Waals surface area contributed by atoms with Gasteiger partial charge in [-0.1, -0.05) is 11.6 Å². The predicted octanol–water partition coefficient (Wildman–Crippen LogP) is 0.725. The molecule has 0 saturated heterocycles. The summed E-state index contributed by atoms with van der Waals surface area (Å²) in [7, 11) is 0. The standard InChI is InChI=1S/C10H16ClN5O/c11-8-7(12)9(16-10(13)15-8)14-3-5-1-6(2-5)4-17/h5-6,17H,1-4,12H2,(H3,13,14,15,16). The summed E-state index contributed by atoms with van der Waals surface area (Å²) in [5.41, 5.74) is 11.5. The molecule has 1 aliphatic rings. The van der Waals surface area contributed by atoms with Crippen LogP contribution in [0.4, 0.5) is 17.5 Å². The van der Waals surface area contributed by atoms with Crippen molar-refractivity contribution in [1.82, 2.24) is 9.97 Å². The van der Waals surface area contributed by atoms with E-state index in [1.165, 1.54) is 0 Å². The molecule has 1 aromatic rings. The Kier molecular flexibility index (Phi) is 3.54. The second-order valence-electron chi connectivity index (χ2n) is 4.40. The third kappa shape index (κ3) is 2.70. The van der Waals surface area contributed by atoms with E-state index in [0.29, 0.717) is 23.3 Å². The average Bonchev–Trinajstić information content (AvgIpc) is 2.22. The maximum atomic E-state index is 8.91. The number of hydrogen-bond donors (Lipinski definition) is 4. The van der Waals surface area contributed by atoms with E-state index < -0.39 is 0 Å². The van der Waals surface area contributed by atoms with Crippen LogP contribution in [0.5, 0.6) is 0 Å². The van der Waals surface area contributed by atoms with Crippen molar-refractivity contribution in [3.05, 3.63) is 5.15 Å². The van der Waals surface area contributed by atoms with Crippen LogP contribution in [0.1, 0.15) is 12.8 Å². The van der Waals surface area contributed by atoms with Crippen molar-refractivity contribution in [2.45, 2.75) is 12.8 Å². The molecule has 0 unspecified atom stereocenters. The molecule has 0 atom stereocenters. The van der Waals surface area contributed by atoms with Crippen molar-refractivity contribution in [3.8, 4) is 0 Å². The number of nitrogens with zero attached hydrogens (tertiary/aromatic N) is 2. The lowest BCUT2D eigenvalue weighted by Gasteiger charge is -2.34. The third-order valence-electron chi connectivity index (χ3n) is 3.07. The highest BCUT2D eigenvalue weighted by molar-refractivity contribution is 6.32. The van der Waals surface area contributed by atoms with E-state index in [9.17, 15) is 0 Å². The van der Waals surface area contributed by atoms with Crippen LogP contribution in [0.3, 0.4) is 0 Å². The Hall–Kier alpha value is -1.27. The van der Waals surface area contributed by atoms with Gasteiger partial charge in [-0.3, -0.25) is 0 Å². The van der Waals surface area contributed by atoms with Crippen molar-refractivity contribution >= 4 is 29.1 Å². The van der Waals surface area contributed by atoms with Crippen LogP contribution < -0.4 is 16.8 Å². The van der Waals surface area contributed by atoms with Gasteiger partial charge in [0, 0.05) is 13.2 Å². The minimum Gasteiger partial charge on any atom is -0.396 e. The molecule has 0 aliphatic heterocycles. The van der Waals surface area contributed by atoms with Crippen LogP contribution in [0.25, 0.3) is 0 Å². The molecule has 0 bridgehead atoms.